The van der Waals surface area contributed by atoms with Crippen molar-refractivity contribution in [1.29, 1.82) is 0 Å². The molecular weight excluding hydrogens is 328 g/mol. The Labute approximate surface area is 158 Å². The van der Waals surface area contributed by atoms with Crippen LogP contribution in [0.1, 0.15) is 78.1 Å². The summed E-state index contributed by atoms with van der Waals surface area (Å²) in [4.78, 5) is 10.6. The first-order valence-electron chi connectivity index (χ1n) is 10.3. The van der Waals surface area contributed by atoms with Gasteiger partial charge in [-0.25, -0.2) is 0 Å². The second kappa shape index (κ2) is 9.70. The highest BCUT2D eigenvalue weighted by molar-refractivity contribution is 5.66. The Balaban J connectivity index is 1.81. The molecule has 1 fully saturated rings. The third-order valence-corrected chi connectivity index (χ3v) is 6.07. The molecule has 0 bridgehead atoms. The third kappa shape index (κ3) is 6.24. The van der Waals surface area contributed by atoms with E-state index in [1.807, 2.05) is 6.92 Å². The highest BCUT2D eigenvalue weighted by atomic mass is 16.4. The molecule has 0 unspecified atom stereocenters. The molecule has 26 heavy (non-hydrogen) atoms. The fraction of sp³-hybridized carbons (Fsp3) is 0.773. The second-order valence-electron chi connectivity index (χ2n) is 8.57. The Morgan fingerprint density at radius 2 is 2.12 bits per heavy atom. The van der Waals surface area contributed by atoms with Gasteiger partial charge in [-0.15, -0.1) is 0 Å². The van der Waals surface area contributed by atoms with Crippen molar-refractivity contribution in [2.45, 2.75) is 89.8 Å². The molecule has 0 aliphatic heterocycles. The van der Waals surface area contributed by atoms with Crippen LogP contribution in [0.3, 0.4) is 0 Å². The summed E-state index contributed by atoms with van der Waals surface area (Å²) in [7, 11) is 0. The SMILES string of the molecule is CCCC[C@@](C)(O)C/C=C/[C@@H]1[C@H]2CC(CCCCC(=O)O)=C[C@H]2C[C@H]1O. The molecule has 2 aliphatic carbocycles. The van der Waals surface area contributed by atoms with Gasteiger partial charge in [0.05, 0.1) is 11.7 Å². The number of hydrogen-bond donors (Lipinski definition) is 3. The average molecular weight is 365 g/mol. The zero-order valence-corrected chi connectivity index (χ0v) is 16.4. The Hall–Kier alpha value is -1.13. The van der Waals surface area contributed by atoms with E-state index in [2.05, 4.69) is 25.2 Å². The molecule has 0 saturated heterocycles. The highest BCUT2D eigenvalue weighted by Gasteiger charge is 2.43. The number of fused-ring (bicyclic) bond motifs is 1. The van der Waals surface area contributed by atoms with E-state index in [1.165, 1.54) is 5.57 Å². The minimum absolute atomic E-state index is 0.176. The molecule has 0 aromatic heterocycles. The maximum absolute atomic E-state index is 10.6. The van der Waals surface area contributed by atoms with E-state index in [0.29, 0.717) is 18.3 Å². The lowest BCUT2D eigenvalue weighted by Crippen LogP contribution is -2.23. The molecular formula is C22H36O4. The zero-order chi connectivity index (χ0) is 19.2. The number of unbranched alkanes of at least 4 members (excludes halogenated alkanes) is 2. The summed E-state index contributed by atoms with van der Waals surface area (Å²) in [5.41, 5.74) is 0.782. The summed E-state index contributed by atoms with van der Waals surface area (Å²) in [5.74, 6) is 0.381. The van der Waals surface area contributed by atoms with Crippen molar-refractivity contribution in [3.63, 3.8) is 0 Å². The smallest absolute Gasteiger partial charge is 0.303 e. The molecule has 2 rings (SSSR count). The summed E-state index contributed by atoms with van der Waals surface area (Å²) in [6, 6.07) is 0. The van der Waals surface area contributed by atoms with Crippen molar-refractivity contribution in [3.8, 4) is 0 Å². The van der Waals surface area contributed by atoms with E-state index in [4.69, 9.17) is 5.11 Å². The van der Waals surface area contributed by atoms with Crippen LogP contribution in [-0.4, -0.2) is 33.0 Å². The molecule has 3 N–H and O–H groups in total. The van der Waals surface area contributed by atoms with Gasteiger partial charge in [0.2, 0.25) is 0 Å². The molecule has 148 valence electrons. The van der Waals surface area contributed by atoms with E-state index >= 15 is 0 Å². The molecule has 0 amide bonds. The molecule has 0 aromatic carbocycles. The van der Waals surface area contributed by atoms with Crippen LogP contribution in [0.5, 0.6) is 0 Å². The molecule has 0 radical (unpaired) electrons. The van der Waals surface area contributed by atoms with Crippen LogP contribution in [0.25, 0.3) is 0 Å². The fourth-order valence-corrected chi connectivity index (χ4v) is 4.56. The first kappa shape index (κ1) is 21.2. The van der Waals surface area contributed by atoms with Crippen LogP contribution in [-0.2, 0) is 4.79 Å². The van der Waals surface area contributed by atoms with E-state index < -0.39 is 11.6 Å². The quantitative estimate of drug-likeness (QED) is 0.373. The Kier molecular flexibility index (Phi) is 7.90. The average Bonchev–Trinajstić information content (AvgIpc) is 3.07. The topological polar surface area (TPSA) is 77.8 Å². The number of hydrogen-bond acceptors (Lipinski definition) is 3. The van der Waals surface area contributed by atoms with Crippen LogP contribution >= 0.6 is 0 Å². The van der Waals surface area contributed by atoms with Crippen LogP contribution in [0.4, 0.5) is 0 Å². The second-order valence-corrected chi connectivity index (χ2v) is 8.57. The summed E-state index contributed by atoms with van der Waals surface area (Å²) in [6.45, 7) is 4.03. The Morgan fingerprint density at radius 3 is 2.81 bits per heavy atom. The number of aliphatic carboxylic acids is 1. The van der Waals surface area contributed by atoms with Gasteiger partial charge >= 0.3 is 5.97 Å². The Morgan fingerprint density at radius 1 is 1.35 bits per heavy atom. The molecule has 2 aliphatic rings. The van der Waals surface area contributed by atoms with Crippen molar-refractivity contribution < 1.29 is 20.1 Å². The number of carbonyl (C=O) groups is 1. The molecule has 0 heterocycles. The van der Waals surface area contributed by atoms with Gasteiger partial charge in [0.1, 0.15) is 0 Å². The van der Waals surface area contributed by atoms with Crippen molar-refractivity contribution in [3.05, 3.63) is 23.8 Å². The molecule has 0 aromatic rings. The predicted octanol–water partition coefficient (Wildman–Crippen LogP) is 4.46. The van der Waals surface area contributed by atoms with Gasteiger partial charge in [0.25, 0.3) is 0 Å². The van der Waals surface area contributed by atoms with E-state index in [-0.39, 0.29) is 18.4 Å². The van der Waals surface area contributed by atoms with Gasteiger partial charge in [0.15, 0.2) is 0 Å². The largest absolute Gasteiger partial charge is 0.481 e. The number of carboxylic acids is 1. The number of rotatable bonds is 11. The van der Waals surface area contributed by atoms with Gasteiger partial charge in [-0.1, -0.05) is 43.6 Å². The highest BCUT2D eigenvalue weighted by Crippen LogP contribution is 2.48. The Bertz CT molecular complexity index is 520. The summed E-state index contributed by atoms with van der Waals surface area (Å²) in [6.07, 6.45) is 14.6. The monoisotopic (exact) mass is 364 g/mol. The first-order valence-corrected chi connectivity index (χ1v) is 10.3. The minimum atomic E-state index is -0.717. The van der Waals surface area contributed by atoms with Crippen molar-refractivity contribution >= 4 is 5.97 Å². The fourth-order valence-electron chi connectivity index (χ4n) is 4.56. The summed E-state index contributed by atoms with van der Waals surface area (Å²) >= 11 is 0. The van der Waals surface area contributed by atoms with Crippen LogP contribution < -0.4 is 0 Å². The zero-order valence-electron chi connectivity index (χ0n) is 16.4. The van der Waals surface area contributed by atoms with Crippen molar-refractivity contribution in [1.82, 2.24) is 0 Å². The number of allylic oxidation sites excluding steroid dienone is 2. The normalized spacial score (nSPS) is 30.4. The van der Waals surface area contributed by atoms with Crippen LogP contribution in [0.2, 0.25) is 0 Å². The summed E-state index contributed by atoms with van der Waals surface area (Å²) < 4.78 is 0. The lowest BCUT2D eigenvalue weighted by atomic mass is 9.87. The standard InChI is InChI=1S/C22H36O4/c1-3-4-11-22(2,26)12-7-9-18-19-14-16(8-5-6-10-21(24)25)13-17(19)15-20(18)23/h7,9,13,17-20,23,26H,3-6,8,10-12,14-15H2,1-2H3,(H,24,25)/b9-7+/t17-,18+,19-,20+,22+/m0/s1. The molecule has 4 heteroatoms. The van der Waals surface area contributed by atoms with Crippen molar-refractivity contribution in [2.75, 3.05) is 0 Å². The molecule has 1 saturated carbocycles. The van der Waals surface area contributed by atoms with Gasteiger partial charge in [-0.3, -0.25) is 4.79 Å². The molecule has 5 atom stereocenters. The van der Waals surface area contributed by atoms with Gasteiger partial charge in [-0.2, -0.15) is 0 Å². The van der Waals surface area contributed by atoms with Crippen LogP contribution in [0.15, 0.2) is 23.8 Å². The number of aliphatic hydroxyl groups is 2. The van der Waals surface area contributed by atoms with Crippen LogP contribution in [0, 0.1) is 17.8 Å². The molecule has 4 nitrogen and oxygen atoms in total. The number of carboxylic acid groups (broad SMARTS) is 1. The summed E-state index contributed by atoms with van der Waals surface area (Å²) in [5, 5.41) is 29.5. The molecule has 0 spiro atoms. The van der Waals surface area contributed by atoms with E-state index in [9.17, 15) is 15.0 Å². The lowest BCUT2D eigenvalue weighted by Gasteiger charge is -2.22. The van der Waals surface area contributed by atoms with E-state index in [0.717, 1.165) is 51.4 Å². The van der Waals surface area contributed by atoms with Gasteiger partial charge < -0.3 is 15.3 Å². The number of aliphatic hydroxyl groups excluding tert-OH is 1. The van der Waals surface area contributed by atoms with Gasteiger partial charge in [0, 0.05) is 12.3 Å². The van der Waals surface area contributed by atoms with Gasteiger partial charge in [-0.05, 0) is 63.7 Å². The predicted molar refractivity (Wildman–Crippen MR) is 104 cm³/mol. The third-order valence-electron chi connectivity index (χ3n) is 6.07. The maximum Gasteiger partial charge on any atom is 0.303 e. The maximum atomic E-state index is 10.6. The van der Waals surface area contributed by atoms with Crippen molar-refractivity contribution in [2.24, 2.45) is 17.8 Å². The van der Waals surface area contributed by atoms with E-state index in [1.54, 1.807) is 0 Å². The minimum Gasteiger partial charge on any atom is -0.481 e. The lowest BCUT2D eigenvalue weighted by molar-refractivity contribution is -0.137. The first-order chi connectivity index (χ1) is 12.3.